The summed E-state index contributed by atoms with van der Waals surface area (Å²) < 4.78 is 6.92. The van der Waals surface area contributed by atoms with Gasteiger partial charge in [0.15, 0.2) is 11.4 Å². The van der Waals surface area contributed by atoms with Gasteiger partial charge in [-0.3, -0.25) is 4.68 Å². The normalized spacial score (nSPS) is 10.4. The lowest BCUT2D eigenvalue weighted by Crippen LogP contribution is -2.08. The largest absolute Gasteiger partial charge is 0.418 e. The minimum atomic E-state index is -0.467. The van der Waals surface area contributed by atoms with Gasteiger partial charge in [0.1, 0.15) is 0 Å². The number of hydrogen-bond donors (Lipinski definition) is 0. The Balaban J connectivity index is 1.67. The third-order valence-corrected chi connectivity index (χ3v) is 3.24. The quantitative estimate of drug-likeness (QED) is 0.691. The molecule has 100 valence electrons. The van der Waals surface area contributed by atoms with Gasteiger partial charge in [-0.2, -0.15) is 5.10 Å². The highest BCUT2D eigenvalue weighted by Crippen LogP contribution is 2.13. The van der Waals surface area contributed by atoms with Crippen LogP contribution in [0.2, 0.25) is 0 Å². The molecule has 0 amide bonds. The van der Waals surface area contributed by atoms with E-state index < -0.39 is 5.97 Å². The van der Waals surface area contributed by atoms with Crippen LogP contribution >= 0.6 is 11.3 Å². The first kappa shape index (κ1) is 12.6. The van der Waals surface area contributed by atoms with Crippen LogP contribution in [0.4, 0.5) is 0 Å². The molecule has 0 N–H and O–H groups in total. The summed E-state index contributed by atoms with van der Waals surface area (Å²) >= 11 is 1.35. The van der Waals surface area contributed by atoms with E-state index in [0.717, 1.165) is 5.56 Å². The van der Waals surface area contributed by atoms with Crippen molar-refractivity contribution in [2.75, 3.05) is 0 Å². The van der Waals surface area contributed by atoms with E-state index in [9.17, 15) is 4.79 Å². The van der Waals surface area contributed by atoms with Crippen molar-refractivity contribution in [3.05, 3.63) is 64.9 Å². The molecule has 5 nitrogen and oxygen atoms in total. The molecule has 3 aromatic rings. The van der Waals surface area contributed by atoms with Crippen LogP contribution in [0.15, 0.2) is 53.6 Å². The first-order valence-electron chi connectivity index (χ1n) is 5.98. The van der Waals surface area contributed by atoms with Crippen LogP contribution in [0.5, 0.6) is 5.75 Å². The number of thiazole rings is 1. The second kappa shape index (κ2) is 5.66. The van der Waals surface area contributed by atoms with E-state index in [2.05, 4.69) is 10.1 Å². The second-order valence-electron chi connectivity index (χ2n) is 4.12. The highest BCUT2D eigenvalue weighted by molar-refractivity contribution is 7.07. The van der Waals surface area contributed by atoms with Gasteiger partial charge in [-0.1, -0.05) is 30.3 Å². The molecule has 0 aliphatic rings. The van der Waals surface area contributed by atoms with Crippen LogP contribution in [-0.4, -0.2) is 20.7 Å². The molecule has 0 aliphatic heterocycles. The minimum absolute atomic E-state index is 0.311. The molecule has 0 bridgehead atoms. The molecule has 3 rings (SSSR count). The minimum Gasteiger partial charge on any atom is -0.418 e. The summed E-state index contributed by atoms with van der Waals surface area (Å²) in [6.45, 7) is 0.634. The van der Waals surface area contributed by atoms with Crippen LogP contribution in [-0.2, 0) is 6.54 Å². The monoisotopic (exact) mass is 285 g/mol. The van der Waals surface area contributed by atoms with Crippen LogP contribution < -0.4 is 4.74 Å². The smallest absolute Gasteiger partial charge is 0.363 e. The summed E-state index contributed by atoms with van der Waals surface area (Å²) in [5.74, 6) is -0.0514. The molecule has 0 spiro atoms. The summed E-state index contributed by atoms with van der Waals surface area (Å²) in [6, 6.07) is 9.95. The van der Waals surface area contributed by atoms with E-state index >= 15 is 0 Å². The Morgan fingerprint density at radius 2 is 2.15 bits per heavy atom. The molecular weight excluding hydrogens is 274 g/mol. The number of carbonyl (C=O) groups excluding carboxylic acids is 1. The Labute approximate surface area is 119 Å². The summed E-state index contributed by atoms with van der Waals surface area (Å²) in [4.78, 5) is 15.6. The Morgan fingerprint density at radius 3 is 2.90 bits per heavy atom. The zero-order valence-corrected chi connectivity index (χ0v) is 11.3. The maximum Gasteiger partial charge on any atom is 0.363 e. The van der Waals surface area contributed by atoms with E-state index in [0.29, 0.717) is 18.0 Å². The maximum absolute atomic E-state index is 11.7. The number of aromatic nitrogens is 3. The van der Waals surface area contributed by atoms with Gasteiger partial charge in [-0.15, -0.1) is 11.3 Å². The average molecular weight is 285 g/mol. The molecule has 1 aromatic carbocycles. The average Bonchev–Trinajstić information content (AvgIpc) is 3.11. The molecular formula is C14H11N3O2S. The van der Waals surface area contributed by atoms with Crippen LogP contribution in [0.1, 0.15) is 16.1 Å². The molecule has 0 unspecified atom stereocenters. The van der Waals surface area contributed by atoms with Crippen LogP contribution in [0, 0.1) is 0 Å². The van der Waals surface area contributed by atoms with Crippen molar-refractivity contribution < 1.29 is 9.53 Å². The number of benzene rings is 1. The van der Waals surface area contributed by atoms with Crippen molar-refractivity contribution in [2.45, 2.75) is 6.54 Å². The van der Waals surface area contributed by atoms with Crippen molar-refractivity contribution in [2.24, 2.45) is 0 Å². The second-order valence-corrected chi connectivity index (χ2v) is 4.84. The number of esters is 1. The molecule has 6 heteroatoms. The lowest BCUT2D eigenvalue weighted by molar-refractivity contribution is 0.0729. The zero-order valence-electron chi connectivity index (χ0n) is 10.5. The Morgan fingerprint density at radius 1 is 1.30 bits per heavy atom. The van der Waals surface area contributed by atoms with E-state index in [1.807, 2.05) is 30.3 Å². The fraction of sp³-hybridized carbons (Fsp3) is 0.0714. The lowest BCUT2D eigenvalue weighted by Gasteiger charge is -2.00. The molecule has 0 fully saturated rings. The molecule has 20 heavy (non-hydrogen) atoms. The van der Waals surface area contributed by atoms with Crippen LogP contribution in [0.3, 0.4) is 0 Å². The third kappa shape index (κ3) is 2.92. The molecule has 2 aromatic heterocycles. The van der Waals surface area contributed by atoms with Gasteiger partial charge in [-0.05, 0) is 5.56 Å². The van der Waals surface area contributed by atoms with Gasteiger partial charge >= 0.3 is 5.97 Å². The molecule has 0 saturated heterocycles. The van der Waals surface area contributed by atoms with Crippen molar-refractivity contribution >= 4 is 17.3 Å². The Bertz CT molecular complexity index is 692. The van der Waals surface area contributed by atoms with Gasteiger partial charge in [0.25, 0.3) is 0 Å². The highest BCUT2D eigenvalue weighted by Gasteiger charge is 2.11. The first-order valence-corrected chi connectivity index (χ1v) is 6.92. The molecule has 0 atom stereocenters. The number of ether oxygens (including phenoxy) is 1. The van der Waals surface area contributed by atoms with Gasteiger partial charge in [0, 0.05) is 5.38 Å². The third-order valence-electron chi connectivity index (χ3n) is 2.65. The fourth-order valence-corrected chi connectivity index (χ4v) is 2.25. The topological polar surface area (TPSA) is 57.0 Å². The fourth-order valence-electron chi connectivity index (χ4n) is 1.73. The van der Waals surface area contributed by atoms with Crippen molar-refractivity contribution in [1.29, 1.82) is 0 Å². The Kier molecular flexibility index (Phi) is 3.56. The number of carbonyl (C=O) groups is 1. The number of hydrogen-bond acceptors (Lipinski definition) is 5. The van der Waals surface area contributed by atoms with Crippen molar-refractivity contribution in [1.82, 2.24) is 14.8 Å². The number of nitrogens with zero attached hydrogens (tertiary/aromatic N) is 3. The molecule has 0 radical (unpaired) electrons. The Hall–Kier alpha value is -2.47. The van der Waals surface area contributed by atoms with E-state index in [1.54, 1.807) is 21.8 Å². The van der Waals surface area contributed by atoms with Crippen molar-refractivity contribution in [3.63, 3.8) is 0 Å². The predicted molar refractivity (Wildman–Crippen MR) is 74.8 cm³/mol. The maximum atomic E-state index is 11.7. The standard InChI is InChI=1S/C14H11N3O2S/c18-14(13-9-20-10-15-13)19-12-6-16-17(8-12)7-11-4-2-1-3-5-11/h1-6,8-10H,7H2. The summed E-state index contributed by atoms with van der Waals surface area (Å²) in [5, 5.41) is 5.82. The highest BCUT2D eigenvalue weighted by atomic mass is 32.1. The van der Waals surface area contributed by atoms with Gasteiger partial charge in [0.2, 0.25) is 0 Å². The molecule has 0 aliphatic carbocycles. The summed E-state index contributed by atoms with van der Waals surface area (Å²) in [5.41, 5.74) is 3.04. The molecule has 2 heterocycles. The lowest BCUT2D eigenvalue weighted by atomic mass is 10.2. The zero-order chi connectivity index (χ0) is 13.8. The predicted octanol–water partition coefficient (Wildman–Crippen LogP) is 2.61. The van der Waals surface area contributed by atoms with Gasteiger partial charge in [0.05, 0.1) is 24.4 Å². The first-order chi connectivity index (χ1) is 9.81. The van der Waals surface area contributed by atoms with Crippen molar-refractivity contribution in [3.8, 4) is 5.75 Å². The van der Waals surface area contributed by atoms with Gasteiger partial charge in [-0.25, -0.2) is 9.78 Å². The summed E-state index contributed by atoms with van der Waals surface area (Å²) in [7, 11) is 0. The van der Waals surface area contributed by atoms with Crippen LogP contribution in [0.25, 0.3) is 0 Å². The number of rotatable bonds is 4. The van der Waals surface area contributed by atoms with E-state index in [-0.39, 0.29) is 0 Å². The SMILES string of the molecule is O=C(Oc1cnn(Cc2ccccc2)c1)c1cscn1. The molecule has 0 saturated carbocycles. The van der Waals surface area contributed by atoms with E-state index in [4.69, 9.17) is 4.74 Å². The van der Waals surface area contributed by atoms with Gasteiger partial charge < -0.3 is 4.74 Å². The summed E-state index contributed by atoms with van der Waals surface area (Å²) in [6.07, 6.45) is 3.21. The van der Waals surface area contributed by atoms with E-state index in [1.165, 1.54) is 17.5 Å².